The molecule has 0 atom stereocenters. The van der Waals surface area contributed by atoms with Gasteiger partial charge in [0.25, 0.3) is 5.95 Å². The highest BCUT2D eigenvalue weighted by atomic mass is 16.5. The van der Waals surface area contributed by atoms with Crippen LogP contribution in [0.4, 0.5) is 10.7 Å². The molecule has 2 heterocycles. The average molecular weight is 379 g/mol. The van der Waals surface area contributed by atoms with E-state index in [1.807, 2.05) is 42.5 Å². The van der Waals surface area contributed by atoms with Crippen LogP contribution in [0.2, 0.25) is 0 Å². The number of aromatic nitrogens is 4. The van der Waals surface area contributed by atoms with Crippen LogP contribution in [0.3, 0.4) is 0 Å². The van der Waals surface area contributed by atoms with Gasteiger partial charge in [-0.05, 0) is 35.0 Å². The number of H-pyrrole nitrogens is 1. The molecule has 0 unspecified atom stereocenters. The molecular weight excluding hydrogens is 358 g/mol. The van der Waals surface area contributed by atoms with Crippen LogP contribution in [0.5, 0.6) is 11.5 Å². The number of benzene rings is 2. The monoisotopic (exact) mass is 379 g/mol. The SMILES string of the molecule is O=C(Nc1nn[nH]n1)N1CCN(Cc2cccc(Oc3ccccc3)c2)CC1. The number of para-hydroxylation sites is 1. The minimum Gasteiger partial charge on any atom is -0.457 e. The van der Waals surface area contributed by atoms with E-state index >= 15 is 0 Å². The quantitative estimate of drug-likeness (QED) is 0.706. The molecule has 9 nitrogen and oxygen atoms in total. The Morgan fingerprint density at radius 2 is 1.82 bits per heavy atom. The number of tetrazole rings is 1. The summed E-state index contributed by atoms with van der Waals surface area (Å²) in [5.74, 6) is 1.82. The number of hydrogen-bond acceptors (Lipinski definition) is 6. The lowest BCUT2D eigenvalue weighted by atomic mass is 10.2. The molecular formula is C19H21N7O2. The van der Waals surface area contributed by atoms with E-state index in [0.717, 1.165) is 31.1 Å². The fourth-order valence-electron chi connectivity index (χ4n) is 3.09. The number of amides is 2. The average Bonchev–Trinajstić information content (AvgIpc) is 3.23. The molecule has 1 saturated heterocycles. The van der Waals surface area contributed by atoms with Crippen molar-refractivity contribution in [2.24, 2.45) is 0 Å². The molecule has 0 radical (unpaired) electrons. The predicted molar refractivity (Wildman–Crippen MR) is 103 cm³/mol. The van der Waals surface area contributed by atoms with Gasteiger partial charge in [-0.3, -0.25) is 10.2 Å². The zero-order valence-electron chi connectivity index (χ0n) is 15.3. The van der Waals surface area contributed by atoms with Crippen molar-refractivity contribution in [1.82, 2.24) is 30.4 Å². The molecule has 9 heteroatoms. The molecule has 1 fully saturated rings. The zero-order valence-corrected chi connectivity index (χ0v) is 15.3. The number of rotatable bonds is 5. The first-order valence-corrected chi connectivity index (χ1v) is 9.10. The fourth-order valence-corrected chi connectivity index (χ4v) is 3.09. The molecule has 144 valence electrons. The molecule has 0 aliphatic carbocycles. The Hall–Kier alpha value is -3.46. The van der Waals surface area contributed by atoms with Crippen molar-refractivity contribution in [2.45, 2.75) is 6.54 Å². The summed E-state index contributed by atoms with van der Waals surface area (Å²) in [4.78, 5) is 16.3. The Morgan fingerprint density at radius 1 is 1.04 bits per heavy atom. The molecule has 0 spiro atoms. The van der Waals surface area contributed by atoms with E-state index in [0.29, 0.717) is 13.1 Å². The van der Waals surface area contributed by atoms with E-state index in [9.17, 15) is 4.79 Å². The van der Waals surface area contributed by atoms with Crippen molar-refractivity contribution in [2.75, 3.05) is 31.5 Å². The third kappa shape index (κ3) is 4.63. The third-order valence-electron chi connectivity index (χ3n) is 4.51. The summed E-state index contributed by atoms with van der Waals surface area (Å²) >= 11 is 0. The Balaban J connectivity index is 1.29. The van der Waals surface area contributed by atoms with Gasteiger partial charge in [0, 0.05) is 32.7 Å². The normalized spacial score (nSPS) is 14.6. The standard InChI is InChI=1S/C19H21N7O2/c27-19(20-18-21-23-24-22-18)26-11-9-25(10-12-26)14-15-5-4-8-17(13-15)28-16-6-2-1-3-7-16/h1-8,13H,9-12,14H2,(H2,20,21,22,23,24,27). The van der Waals surface area contributed by atoms with E-state index in [4.69, 9.17) is 4.74 Å². The summed E-state index contributed by atoms with van der Waals surface area (Å²) in [6, 6.07) is 17.6. The Bertz CT molecular complexity index is 894. The minimum absolute atomic E-state index is 0.183. The van der Waals surface area contributed by atoms with Crippen LogP contribution >= 0.6 is 0 Å². The lowest BCUT2D eigenvalue weighted by Gasteiger charge is -2.34. The first-order chi connectivity index (χ1) is 13.8. The second kappa shape index (κ2) is 8.49. The second-order valence-electron chi connectivity index (χ2n) is 6.49. The number of carbonyl (C=O) groups is 1. The number of piperazine rings is 1. The van der Waals surface area contributed by atoms with Gasteiger partial charge < -0.3 is 9.64 Å². The zero-order chi connectivity index (χ0) is 19.2. The highest BCUT2D eigenvalue weighted by Crippen LogP contribution is 2.22. The van der Waals surface area contributed by atoms with Gasteiger partial charge in [-0.25, -0.2) is 4.79 Å². The highest BCUT2D eigenvalue weighted by Gasteiger charge is 2.22. The summed E-state index contributed by atoms with van der Waals surface area (Å²) in [6.07, 6.45) is 0. The van der Waals surface area contributed by atoms with E-state index in [-0.39, 0.29) is 12.0 Å². The molecule has 28 heavy (non-hydrogen) atoms. The van der Waals surface area contributed by atoms with Gasteiger partial charge in [-0.2, -0.15) is 5.21 Å². The van der Waals surface area contributed by atoms with Gasteiger partial charge in [0.1, 0.15) is 11.5 Å². The lowest BCUT2D eigenvalue weighted by Crippen LogP contribution is -2.49. The predicted octanol–water partition coefficient (Wildman–Crippen LogP) is 2.34. The van der Waals surface area contributed by atoms with Gasteiger partial charge in [0.2, 0.25) is 0 Å². The van der Waals surface area contributed by atoms with Gasteiger partial charge in [0.05, 0.1) is 0 Å². The summed E-state index contributed by atoms with van der Waals surface area (Å²) in [5.41, 5.74) is 1.18. The van der Waals surface area contributed by atoms with Crippen LogP contribution in [0.1, 0.15) is 5.56 Å². The fraction of sp³-hybridized carbons (Fsp3) is 0.263. The molecule has 2 amide bonds. The number of carbonyl (C=O) groups excluding carboxylic acids is 1. The summed E-state index contributed by atoms with van der Waals surface area (Å²) in [7, 11) is 0. The Morgan fingerprint density at radius 3 is 2.57 bits per heavy atom. The molecule has 0 bridgehead atoms. The van der Waals surface area contributed by atoms with Gasteiger partial charge in [-0.1, -0.05) is 35.4 Å². The van der Waals surface area contributed by atoms with Crippen molar-refractivity contribution in [3.63, 3.8) is 0 Å². The Labute approximate surface area is 162 Å². The number of urea groups is 1. The molecule has 1 aliphatic heterocycles. The van der Waals surface area contributed by atoms with Crippen molar-refractivity contribution < 1.29 is 9.53 Å². The first kappa shape index (κ1) is 17.9. The number of nitrogens with zero attached hydrogens (tertiary/aromatic N) is 5. The van der Waals surface area contributed by atoms with Crippen LogP contribution in [0.25, 0.3) is 0 Å². The number of nitrogens with one attached hydrogen (secondary N) is 2. The largest absolute Gasteiger partial charge is 0.457 e. The van der Waals surface area contributed by atoms with E-state index < -0.39 is 0 Å². The van der Waals surface area contributed by atoms with Gasteiger partial charge in [0.15, 0.2) is 0 Å². The maximum absolute atomic E-state index is 12.2. The van der Waals surface area contributed by atoms with E-state index in [2.05, 4.69) is 43.0 Å². The van der Waals surface area contributed by atoms with E-state index in [1.165, 1.54) is 5.56 Å². The van der Waals surface area contributed by atoms with Crippen molar-refractivity contribution in [3.05, 3.63) is 60.2 Å². The third-order valence-corrected chi connectivity index (χ3v) is 4.51. The van der Waals surface area contributed by atoms with Crippen LogP contribution in [-0.2, 0) is 6.54 Å². The van der Waals surface area contributed by atoms with Crippen molar-refractivity contribution >= 4 is 12.0 Å². The van der Waals surface area contributed by atoms with Crippen LogP contribution in [0.15, 0.2) is 54.6 Å². The number of anilines is 1. The first-order valence-electron chi connectivity index (χ1n) is 9.10. The topological polar surface area (TPSA) is 99.3 Å². The number of ether oxygens (including phenoxy) is 1. The second-order valence-corrected chi connectivity index (χ2v) is 6.49. The van der Waals surface area contributed by atoms with Crippen molar-refractivity contribution in [3.8, 4) is 11.5 Å². The molecule has 3 aromatic rings. The summed E-state index contributed by atoms with van der Waals surface area (Å²) in [5, 5.41) is 15.8. The number of hydrogen-bond donors (Lipinski definition) is 2. The van der Waals surface area contributed by atoms with Crippen molar-refractivity contribution in [1.29, 1.82) is 0 Å². The molecule has 2 N–H and O–H groups in total. The smallest absolute Gasteiger partial charge is 0.324 e. The van der Waals surface area contributed by atoms with Gasteiger partial charge >= 0.3 is 6.03 Å². The minimum atomic E-state index is -0.209. The molecule has 2 aromatic carbocycles. The van der Waals surface area contributed by atoms with E-state index in [1.54, 1.807) is 4.90 Å². The molecule has 0 saturated carbocycles. The maximum atomic E-state index is 12.2. The number of aromatic amines is 1. The van der Waals surface area contributed by atoms with Crippen LogP contribution in [0, 0.1) is 0 Å². The molecule has 4 rings (SSSR count). The Kier molecular flexibility index (Phi) is 5.43. The maximum Gasteiger partial charge on any atom is 0.324 e. The van der Waals surface area contributed by atoms with Crippen LogP contribution in [-0.4, -0.2) is 62.6 Å². The molecule has 1 aliphatic rings. The highest BCUT2D eigenvalue weighted by molar-refractivity contribution is 5.87. The van der Waals surface area contributed by atoms with Gasteiger partial charge in [-0.15, -0.1) is 5.10 Å². The van der Waals surface area contributed by atoms with Crippen LogP contribution < -0.4 is 10.1 Å². The molecule has 1 aromatic heterocycles. The summed E-state index contributed by atoms with van der Waals surface area (Å²) in [6.45, 7) is 3.69. The lowest BCUT2D eigenvalue weighted by molar-refractivity contribution is 0.143. The summed E-state index contributed by atoms with van der Waals surface area (Å²) < 4.78 is 5.91.